The number of hydrogen-bond donors (Lipinski definition) is 1. The van der Waals surface area contributed by atoms with Gasteiger partial charge in [0.15, 0.2) is 5.76 Å². The van der Waals surface area contributed by atoms with E-state index in [2.05, 4.69) is 10.3 Å². The predicted octanol–water partition coefficient (Wildman–Crippen LogP) is 4.62. The number of unbranched alkanes of at least 4 members (excludes halogenated alkanes) is 2. The second-order valence-corrected chi connectivity index (χ2v) is 10.0. The third kappa shape index (κ3) is 6.10. The molecule has 1 N–H and O–H groups in total. The van der Waals surface area contributed by atoms with Crippen LogP contribution < -0.4 is 10.9 Å². The van der Waals surface area contributed by atoms with E-state index in [-0.39, 0.29) is 17.2 Å². The van der Waals surface area contributed by atoms with Crippen molar-refractivity contribution in [3.63, 3.8) is 0 Å². The number of oxazole rings is 1. The molecule has 0 spiro atoms. The van der Waals surface area contributed by atoms with Crippen molar-refractivity contribution in [1.29, 1.82) is 0 Å². The molecule has 2 aromatic heterocycles. The predicted molar refractivity (Wildman–Crippen MR) is 142 cm³/mol. The first-order valence-electron chi connectivity index (χ1n) is 12.6. The second-order valence-electron chi connectivity index (χ2n) is 10.0. The number of aromatic nitrogens is 2. The van der Waals surface area contributed by atoms with Crippen LogP contribution in [0.4, 0.5) is 0 Å². The Balaban J connectivity index is 1.86. The molecule has 0 aliphatic carbocycles. The molecule has 1 aromatic carbocycles. The third-order valence-corrected chi connectivity index (χ3v) is 7.04. The Morgan fingerprint density at radius 3 is 2.58 bits per heavy atom. The maximum absolute atomic E-state index is 13.1. The number of hydrogen-bond acceptors (Lipinski definition) is 6. The molecular weight excluding hydrogens is 456 g/mol. The van der Waals surface area contributed by atoms with Crippen LogP contribution in [0.2, 0.25) is 0 Å². The van der Waals surface area contributed by atoms with Gasteiger partial charge in [-0.15, -0.1) is 0 Å². The van der Waals surface area contributed by atoms with E-state index in [1.165, 1.54) is 0 Å². The molecule has 0 bridgehead atoms. The Labute approximate surface area is 212 Å². The highest BCUT2D eigenvalue weighted by molar-refractivity contribution is 5.85. The lowest BCUT2D eigenvalue weighted by Gasteiger charge is -2.32. The van der Waals surface area contributed by atoms with E-state index >= 15 is 0 Å². The van der Waals surface area contributed by atoms with Gasteiger partial charge in [0.1, 0.15) is 11.8 Å². The van der Waals surface area contributed by atoms with E-state index in [0.717, 1.165) is 30.2 Å². The van der Waals surface area contributed by atoms with Crippen LogP contribution in [-0.2, 0) is 16.6 Å². The van der Waals surface area contributed by atoms with Gasteiger partial charge in [-0.05, 0) is 58.3 Å². The Morgan fingerprint density at radius 2 is 1.89 bits per heavy atom. The zero-order chi connectivity index (χ0) is 26.5. The topological polar surface area (TPSA) is 97.4 Å². The zero-order valence-electron chi connectivity index (χ0n) is 22.3. The van der Waals surface area contributed by atoms with E-state index in [1.807, 2.05) is 70.1 Å². The summed E-state index contributed by atoms with van der Waals surface area (Å²) >= 11 is 0. The number of amides is 1. The van der Waals surface area contributed by atoms with Gasteiger partial charge in [0.2, 0.25) is 11.8 Å². The van der Waals surface area contributed by atoms with Gasteiger partial charge in [-0.1, -0.05) is 38.0 Å². The molecule has 0 radical (unpaired) electrons. The largest absolute Gasteiger partial charge is 0.438 e. The Morgan fingerprint density at radius 1 is 1.17 bits per heavy atom. The third-order valence-electron chi connectivity index (χ3n) is 7.04. The maximum atomic E-state index is 13.1. The van der Waals surface area contributed by atoms with Gasteiger partial charge >= 0.3 is 0 Å². The summed E-state index contributed by atoms with van der Waals surface area (Å²) in [6, 6.07) is 9.04. The summed E-state index contributed by atoms with van der Waals surface area (Å²) in [6.07, 6.45) is 5.80. The molecule has 0 aliphatic heterocycles. The molecule has 0 saturated heterocycles. The quantitative estimate of drug-likeness (QED) is 0.369. The minimum absolute atomic E-state index is 0.139. The number of likely N-dealkylation sites (N-methyl/N-ethyl adjacent to an activating group) is 1. The van der Waals surface area contributed by atoms with Crippen molar-refractivity contribution in [3.8, 4) is 11.3 Å². The van der Waals surface area contributed by atoms with Crippen molar-refractivity contribution >= 4 is 22.6 Å². The first kappa shape index (κ1) is 27.3. The van der Waals surface area contributed by atoms with Crippen molar-refractivity contribution in [1.82, 2.24) is 19.8 Å². The molecule has 1 amide bonds. The highest BCUT2D eigenvalue weighted by atomic mass is 16.4. The summed E-state index contributed by atoms with van der Waals surface area (Å²) < 4.78 is 7.70. The average Bonchev–Trinajstić information content (AvgIpc) is 3.34. The lowest BCUT2D eigenvalue weighted by atomic mass is 10.0. The summed E-state index contributed by atoms with van der Waals surface area (Å²) in [4.78, 5) is 44.1. The number of fused-ring (bicyclic) bond motifs is 1. The Kier molecular flexibility index (Phi) is 8.84. The van der Waals surface area contributed by atoms with Crippen LogP contribution in [0.25, 0.3) is 22.2 Å². The molecule has 194 valence electrons. The first-order chi connectivity index (χ1) is 17.1. The minimum Gasteiger partial charge on any atom is -0.438 e. The number of carbonyl (C=O) groups is 2. The monoisotopic (exact) mass is 494 g/mol. The van der Waals surface area contributed by atoms with Crippen molar-refractivity contribution in [2.75, 3.05) is 14.1 Å². The van der Waals surface area contributed by atoms with E-state index in [4.69, 9.17) is 4.42 Å². The lowest BCUT2D eigenvalue weighted by Crippen LogP contribution is -2.52. The van der Waals surface area contributed by atoms with Gasteiger partial charge in [0.05, 0.1) is 22.8 Å². The van der Waals surface area contributed by atoms with E-state index in [0.29, 0.717) is 36.5 Å². The Hall–Kier alpha value is -3.26. The number of nitrogens with one attached hydrogen (secondary N) is 1. The summed E-state index contributed by atoms with van der Waals surface area (Å²) in [5.74, 6) is 0.866. The van der Waals surface area contributed by atoms with Crippen LogP contribution in [0.3, 0.4) is 0 Å². The van der Waals surface area contributed by atoms with Crippen LogP contribution in [0.1, 0.15) is 71.2 Å². The van der Waals surface area contributed by atoms with E-state index < -0.39 is 11.6 Å². The lowest BCUT2D eigenvalue weighted by molar-refractivity contribution is -0.131. The molecule has 0 fully saturated rings. The minimum atomic E-state index is -0.727. The fourth-order valence-electron chi connectivity index (χ4n) is 3.99. The number of pyridine rings is 1. The van der Waals surface area contributed by atoms with Gasteiger partial charge in [-0.2, -0.15) is 0 Å². The number of nitrogens with zero attached hydrogens (tertiary/aromatic N) is 3. The average molecular weight is 495 g/mol. The van der Waals surface area contributed by atoms with Crippen LogP contribution in [0.15, 0.2) is 45.7 Å². The van der Waals surface area contributed by atoms with E-state index in [1.54, 1.807) is 17.8 Å². The van der Waals surface area contributed by atoms with Gasteiger partial charge in [-0.25, -0.2) is 4.98 Å². The van der Waals surface area contributed by atoms with Crippen LogP contribution in [0.5, 0.6) is 0 Å². The van der Waals surface area contributed by atoms with Crippen LogP contribution >= 0.6 is 0 Å². The first-order valence-corrected chi connectivity index (χ1v) is 12.6. The standard InChI is InChI=1S/C28H38N4O4/c1-7-20(33)14-9-8-10-15-22(30-27(35)28(2,3)31(4)5)25-29-18-24(36-25)21-17-19-13-11-12-16-23(19)32(6)26(21)34/h11-13,16-18,22H,7-10,14-15H2,1-6H3,(H,30,35). The normalized spacial score (nSPS) is 12.8. The van der Waals surface area contributed by atoms with Crippen LogP contribution in [0, 0.1) is 0 Å². The molecule has 3 rings (SSSR count). The number of carbonyl (C=O) groups excluding carboxylic acids is 2. The molecule has 1 unspecified atom stereocenters. The fraction of sp³-hybridized carbons (Fsp3) is 0.500. The van der Waals surface area contributed by atoms with Gasteiger partial charge in [0, 0.05) is 19.9 Å². The van der Waals surface area contributed by atoms with Crippen molar-refractivity contribution in [2.45, 2.75) is 70.9 Å². The van der Waals surface area contributed by atoms with Crippen LogP contribution in [-0.4, -0.2) is 45.8 Å². The van der Waals surface area contributed by atoms with Crippen molar-refractivity contribution in [3.05, 3.63) is 52.8 Å². The maximum Gasteiger partial charge on any atom is 0.261 e. The van der Waals surface area contributed by atoms with Gasteiger partial charge in [0.25, 0.3) is 5.56 Å². The van der Waals surface area contributed by atoms with Gasteiger partial charge < -0.3 is 14.3 Å². The highest BCUT2D eigenvalue weighted by Gasteiger charge is 2.33. The highest BCUT2D eigenvalue weighted by Crippen LogP contribution is 2.27. The molecule has 3 aromatic rings. The molecule has 0 aliphatic rings. The summed E-state index contributed by atoms with van der Waals surface area (Å²) in [5, 5.41) is 4.02. The number of ketones is 1. The smallest absolute Gasteiger partial charge is 0.261 e. The molecule has 0 saturated carbocycles. The molecular formula is C28H38N4O4. The van der Waals surface area contributed by atoms with Crippen molar-refractivity contribution < 1.29 is 14.0 Å². The van der Waals surface area contributed by atoms with Gasteiger partial charge in [-0.3, -0.25) is 19.3 Å². The summed E-state index contributed by atoms with van der Waals surface area (Å²) in [5.41, 5.74) is 0.358. The van der Waals surface area contributed by atoms with Crippen molar-refractivity contribution in [2.24, 2.45) is 7.05 Å². The fourth-order valence-corrected chi connectivity index (χ4v) is 3.99. The molecule has 36 heavy (non-hydrogen) atoms. The number of Topliss-reactive ketones (excluding diaryl/α,β-unsaturated/α-hetero) is 1. The number of rotatable bonds is 12. The SMILES string of the molecule is CCC(=O)CCCCCC(NC(=O)C(C)(C)N(C)C)c1ncc(-c2cc3ccccc3n(C)c2=O)o1. The van der Waals surface area contributed by atoms with E-state index in [9.17, 15) is 14.4 Å². The second kappa shape index (κ2) is 11.6. The summed E-state index contributed by atoms with van der Waals surface area (Å²) in [7, 11) is 5.46. The number of aryl methyl sites for hydroxylation is 1. The zero-order valence-corrected chi connectivity index (χ0v) is 22.3. The number of benzene rings is 1. The summed E-state index contributed by atoms with van der Waals surface area (Å²) in [6.45, 7) is 5.59. The molecule has 2 heterocycles. The molecule has 8 heteroatoms. The Bertz CT molecular complexity index is 1270. The number of para-hydroxylation sites is 1. The molecule has 8 nitrogen and oxygen atoms in total. The molecule has 1 atom stereocenters.